The largest absolute Gasteiger partial charge is 0.491 e. The molecule has 1 aliphatic heterocycles. The van der Waals surface area contributed by atoms with Crippen molar-refractivity contribution in [2.45, 2.75) is 57.2 Å². The van der Waals surface area contributed by atoms with Gasteiger partial charge in [-0.2, -0.15) is 0 Å². The molecular formula is C22H27NO4. The lowest BCUT2D eigenvalue weighted by Crippen LogP contribution is -2.38. The smallest absolute Gasteiger partial charge is 0.254 e. The van der Waals surface area contributed by atoms with E-state index in [9.17, 15) is 4.79 Å². The highest BCUT2D eigenvalue weighted by Crippen LogP contribution is 2.27. The predicted octanol–water partition coefficient (Wildman–Crippen LogP) is 4.42. The molecule has 0 N–H and O–H groups in total. The van der Waals surface area contributed by atoms with Crippen LogP contribution in [0.2, 0.25) is 0 Å². The second-order valence-electron chi connectivity index (χ2n) is 7.42. The standard InChI is InChI=1S/C22H27NO4/c24-22(23(18-7-1-2-8-18)15-20-10-4-12-25-20)17-6-3-9-19(14-17)27-16-21-11-5-13-26-21/h3-4,6,9-10,12,14,18,21H,1-2,5,7-8,11,13,15-16H2. The van der Waals surface area contributed by atoms with Crippen molar-refractivity contribution in [2.24, 2.45) is 0 Å². The van der Waals surface area contributed by atoms with Crippen LogP contribution in [0.4, 0.5) is 0 Å². The molecule has 0 radical (unpaired) electrons. The third kappa shape index (κ3) is 4.53. The molecule has 1 saturated heterocycles. The Bertz CT molecular complexity index is 731. The van der Waals surface area contributed by atoms with Crippen molar-refractivity contribution in [1.82, 2.24) is 4.90 Å². The van der Waals surface area contributed by atoms with E-state index in [1.807, 2.05) is 41.3 Å². The number of carbonyl (C=O) groups excluding carboxylic acids is 1. The van der Waals surface area contributed by atoms with Crippen LogP contribution in [-0.4, -0.2) is 36.2 Å². The second-order valence-corrected chi connectivity index (χ2v) is 7.42. The summed E-state index contributed by atoms with van der Waals surface area (Å²) in [5, 5.41) is 0. The molecule has 144 valence electrons. The molecule has 1 unspecified atom stereocenters. The number of amides is 1. The maximum Gasteiger partial charge on any atom is 0.254 e. The van der Waals surface area contributed by atoms with Crippen molar-refractivity contribution in [2.75, 3.05) is 13.2 Å². The summed E-state index contributed by atoms with van der Waals surface area (Å²) < 4.78 is 17.0. The molecule has 2 heterocycles. The van der Waals surface area contributed by atoms with Crippen LogP contribution in [0.1, 0.15) is 54.6 Å². The van der Waals surface area contributed by atoms with Crippen LogP contribution in [0.15, 0.2) is 47.1 Å². The number of nitrogens with zero attached hydrogens (tertiary/aromatic N) is 1. The molecule has 0 bridgehead atoms. The van der Waals surface area contributed by atoms with E-state index in [1.54, 1.807) is 6.26 Å². The quantitative estimate of drug-likeness (QED) is 0.725. The Kier molecular flexibility index (Phi) is 5.78. The lowest BCUT2D eigenvalue weighted by Gasteiger charge is -2.28. The Labute approximate surface area is 160 Å². The van der Waals surface area contributed by atoms with Gasteiger partial charge in [-0.1, -0.05) is 18.9 Å². The lowest BCUT2D eigenvalue weighted by molar-refractivity contribution is 0.0643. The van der Waals surface area contributed by atoms with Crippen molar-refractivity contribution in [3.63, 3.8) is 0 Å². The van der Waals surface area contributed by atoms with Gasteiger partial charge in [0, 0.05) is 18.2 Å². The van der Waals surface area contributed by atoms with Gasteiger partial charge in [0.05, 0.1) is 18.9 Å². The van der Waals surface area contributed by atoms with Gasteiger partial charge >= 0.3 is 0 Å². The highest BCUT2D eigenvalue weighted by Gasteiger charge is 2.28. The molecule has 27 heavy (non-hydrogen) atoms. The third-order valence-corrected chi connectivity index (χ3v) is 5.47. The molecule has 0 spiro atoms. The number of ether oxygens (including phenoxy) is 2. The van der Waals surface area contributed by atoms with Crippen molar-refractivity contribution in [1.29, 1.82) is 0 Å². The summed E-state index contributed by atoms with van der Waals surface area (Å²) in [5.74, 6) is 1.59. The molecule has 5 heteroatoms. The fraction of sp³-hybridized carbons (Fsp3) is 0.500. The molecule has 1 aromatic carbocycles. The van der Waals surface area contributed by atoms with Crippen LogP contribution in [0.5, 0.6) is 5.75 Å². The number of benzene rings is 1. The van der Waals surface area contributed by atoms with E-state index in [0.717, 1.165) is 43.8 Å². The average Bonchev–Trinajstić information content (AvgIpc) is 3.47. The highest BCUT2D eigenvalue weighted by molar-refractivity contribution is 5.94. The molecule has 2 aliphatic rings. The summed E-state index contributed by atoms with van der Waals surface area (Å²) in [7, 11) is 0. The van der Waals surface area contributed by atoms with Gasteiger partial charge < -0.3 is 18.8 Å². The zero-order valence-corrected chi connectivity index (χ0v) is 15.6. The van der Waals surface area contributed by atoms with E-state index in [1.165, 1.54) is 12.8 Å². The predicted molar refractivity (Wildman–Crippen MR) is 102 cm³/mol. The van der Waals surface area contributed by atoms with Crippen LogP contribution in [0.3, 0.4) is 0 Å². The number of carbonyl (C=O) groups is 1. The van der Waals surface area contributed by atoms with Gasteiger partial charge in [-0.15, -0.1) is 0 Å². The number of furan rings is 1. The third-order valence-electron chi connectivity index (χ3n) is 5.47. The SMILES string of the molecule is O=C(c1cccc(OCC2CCCO2)c1)N(Cc1ccco1)C1CCCC1. The summed E-state index contributed by atoms with van der Waals surface area (Å²) in [6.07, 6.45) is 8.43. The molecule has 5 nitrogen and oxygen atoms in total. The normalized spacial score (nSPS) is 20.1. The first-order chi connectivity index (χ1) is 13.3. The molecule has 4 rings (SSSR count). The number of hydrogen-bond acceptors (Lipinski definition) is 4. The molecule has 1 atom stereocenters. The van der Waals surface area contributed by atoms with Crippen LogP contribution in [0, 0.1) is 0 Å². The average molecular weight is 369 g/mol. The molecule has 2 aromatic rings. The Morgan fingerprint density at radius 2 is 2.00 bits per heavy atom. The van der Waals surface area contributed by atoms with Crippen LogP contribution in [0.25, 0.3) is 0 Å². The van der Waals surface area contributed by atoms with Gasteiger partial charge in [0.15, 0.2) is 0 Å². The minimum Gasteiger partial charge on any atom is -0.491 e. The van der Waals surface area contributed by atoms with Gasteiger partial charge in [-0.05, 0) is 56.0 Å². The van der Waals surface area contributed by atoms with Crippen molar-refractivity contribution >= 4 is 5.91 Å². The number of rotatable bonds is 7. The Balaban J connectivity index is 1.47. The molecule has 1 saturated carbocycles. The van der Waals surface area contributed by atoms with E-state index in [2.05, 4.69) is 0 Å². The zero-order chi connectivity index (χ0) is 18.5. The van der Waals surface area contributed by atoms with Crippen molar-refractivity contribution in [3.05, 3.63) is 54.0 Å². The monoisotopic (exact) mass is 369 g/mol. The molecule has 1 amide bonds. The summed E-state index contributed by atoms with van der Waals surface area (Å²) in [6.45, 7) is 1.86. The Hall–Kier alpha value is -2.27. The minimum atomic E-state index is 0.0425. The maximum atomic E-state index is 13.3. The van der Waals surface area contributed by atoms with Crippen molar-refractivity contribution in [3.8, 4) is 5.75 Å². The fourth-order valence-electron chi connectivity index (χ4n) is 4.00. The maximum absolute atomic E-state index is 13.3. The van der Waals surface area contributed by atoms with E-state index >= 15 is 0 Å². The fourth-order valence-corrected chi connectivity index (χ4v) is 4.00. The topological polar surface area (TPSA) is 51.9 Å². The summed E-state index contributed by atoms with van der Waals surface area (Å²) in [6, 6.07) is 11.6. The van der Waals surface area contributed by atoms with Gasteiger partial charge in [-0.3, -0.25) is 4.79 Å². The van der Waals surface area contributed by atoms with Gasteiger partial charge in [0.1, 0.15) is 18.1 Å². The molecular weight excluding hydrogens is 342 g/mol. The first-order valence-electron chi connectivity index (χ1n) is 9.97. The van der Waals surface area contributed by atoms with E-state index in [-0.39, 0.29) is 18.1 Å². The van der Waals surface area contributed by atoms with Crippen LogP contribution < -0.4 is 4.74 Å². The Morgan fingerprint density at radius 1 is 1.11 bits per heavy atom. The molecule has 1 aliphatic carbocycles. The first kappa shape index (κ1) is 18.1. The lowest BCUT2D eigenvalue weighted by atomic mass is 10.1. The van der Waals surface area contributed by atoms with Crippen molar-refractivity contribution < 1.29 is 18.7 Å². The van der Waals surface area contributed by atoms with E-state index in [0.29, 0.717) is 18.7 Å². The summed E-state index contributed by atoms with van der Waals surface area (Å²) in [4.78, 5) is 15.2. The van der Waals surface area contributed by atoms with Crippen LogP contribution in [-0.2, 0) is 11.3 Å². The van der Waals surface area contributed by atoms with E-state index < -0.39 is 0 Å². The van der Waals surface area contributed by atoms with Gasteiger partial charge in [0.2, 0.25) is 0 Å². The molecule has 1 aromatic heterocycles. The number of hydrogen-bond donors (Lipinski definition) is 0. The first-order valence-corrected chi connectivity index (χ1v) is 9.97. The van der Waals surface area contributed by atoms with Crippen LogP contribution >= 0.6 is 0 Å². The minimum absolute atomic E-state index is 0.0425. The zero-order valence-electron chi connectivity index (χ0n) is 15.6. The van der Waals surface area contributed by atoms with E-state index in [4.69, 9.17) is 13.9 Å². The highest BCUT2D eigenvalue weighted by atomic mass is 16.5. The molecule has 2 fully saturated rings. The van der Waals surface area contributed by atoms with Gasteiger partial charge in [0.25, 0.3) is 5.91 Å². The second kappa shape index (κ2) is 8.61. The summed E-state index contributed by atoms with van der Waals surface area (Å²) in [5.41, 5.74) is 0.665. The Morgan fingerprint density at radius 3 is 2.74 bits per heavy atom. The van der Waals surface area contributed by atoms with Gasteiger partial charge in [-0.25, -0.2) is 0 Å². The summed E-state index contributed by atoms with van der Waals surface area (Å²) >= 11 is 0.